The van der Waals surface area contributed by atoms with Crippen LogP contribution in [0.5, 0.6) is 0 Å². The minimum atomic E-state index is 0.355. The first-order valence-corrected chi connectivity index (χ1v) is 9.91. The Balaban J connectivity index is 1.80. The van der Waals surface area contributed by atoms with Gasteiger partial charge < -0.3 is 5.73 Å². The number of aromatic nitrogens is 3. The molecular formula is C15H24N4S2. The first-order chi connectivity index (χ1) is 10.1. The van der Waals surface area contributed by atoms with Crippen LogP contribution in [0.1, 0.15) is 68.8 Å². The fourth-order valence-electron chi connectivity index (χ4n) is 3.03. The fraction of sp³-hybridized carbons (Fsp3) is 0.800. The standard InChI is InChI=1S/C15H24N4S2/c1-9-10(2)21-12(8-20-9)14-17-13(18-15(16)19-14)11-6-4-3-5-7-11/h9-12H,3-8H2,1-2H3,(H2,16,17,18,19). The molecule has 2 N–H and O–H groups in total. The summed E-state index contributed by atoms with van der Waals surface area (Å²) in [6, 6.07) is 0. The largest absolute Gasteiger partial charge is 0.368 e. The third kappa shape index (κ3) is 3.65. The summed E-state index contributed by atoms with van der Waals surface area (Å²) in [7, 11) is 0. The lowest BCUT2D eigenvalue weighted by Crippen LogP contribution is -2.24. The van der Waals surface area contributed by atoms with Crippen molar-refractivity contribution in [1.29, 1.82) is 0 Å². The zero-order valence-electron chi connectivity index (χ0n) is 12.8. The molecule has 1 saturated carbocycles. The molecule has 1 aliphatic carbocycles. The average molecular weight is 325 g/mol. The minimum absolute atomic E-state index is 0.355. The first-order valence-electron chi connectivity index (χ1n) is 7.92. The number of hydrogen-bond donors (Lipinski definition) is 1. The molecule has 3 atom stereocenters. The van der Waals surface area contributed by atoms with Crippen LogP contribution >= 0.6 is 23.5 Å². The molecule has 116 valence electrons. The van der Waals surface area contributed by atoms with Crippen molar-refractivity contribution in [2.24, 2.45) is 0 Å². The second-order valence-corrected chi connectivity index (χ2v) is 9.11. The highest BCUT2D eigenvalue weighted by molar-refractivity contribution is 8.07. The van der Waals surface area contributed by atoms with E-state index < -0.39 is 0 Å². The van der Waals surface area contributed by atoms with Crippen LogP contribution in [0.4, 0.5) is 5.95 Å². The summed E-state index contributed by atoms with van der Waals surface area (Å²) >= 11 is 4.00. The average Bonchev–Trinajstić information content (AvgIpc) is 2.50. The predicted molar refractivity (Wildman–Crippen MR) is 91.8 cm³/mol. The molecule has 2 aliphatic rings. The SMILES string of the molecule is CC1SCC(c2nc(N)nc(C3CCCCC3)n2)SC1C. The van der Waals surface area contributed by atoms with E-state index in [-0.39, 0.29) is 0 Å². The van der Waals surface area contributed by atoms with E-state index in [0.29, 0.717) is 27.6 Å². The van der Waals surface area contributed by atoms with Gasteiger partial charge in [-0.15, -0.1) is 11.8 Å². The van der Waals surface area contributed by atoms with Crippen LogP contribution in [-0.4, -0.2) is 31.2 Å². The van der Waals surface area contributed by atoms with Gasteiger partial charge in [0, 0.05) is 22.2 Å². The van der Waals surface area contributed by atoms with Gasteiger partial charge in [0.15, 0.2) is 0 Å². The summed E-state index contributed by atoms with van der Waals surface area (Å²) in [4.78, 5) is 13.7. The number of anilines is 1. The van der Waals surface area contributed by atoms with E-state index in [1.54, 1.807) is 0 Å². The van der Waals surface area contributed by atoms with Crippen molar-refractivity contribution >= 4 is 29.5 Å². The van der Waals surface area contributed by atoms with Crippen molar-refractivity contribution in [1.82, 2.24) is 15.0 Å². The lowest BCUT2D eigenvalue weighted by molar-refractivity contribution is 0.427. The maximum absolute atomic E-state index is 5.96. The number of thioether (sulfide) groups is 2. The molecule has 2 heterocycles. The molecule has 6 heteroatoms. The molecule has 21 heavy (non-hydrogen) atoms. The summed E-state index contributed by atoms with van der Waals surface area (Å²) in [6.07, 6.45) is 6.31. The summed E-state index contributed by atoms with van der Waals surface area (Å²) in [6.45, 7) is 4.59. The van der Waals surface area contributed by atoms with Gasteiger partial charge in [0.05, 0.1) is 5.25 Å². The zero-order chi connectivity index (χ0) is 14.8. The van der Waals surface area contributed by atoms with Crippen LogP contribution in [0.3, 0.4) is 0 Å². The Kier molecular flexibility index (Phi) is 4.94. The highest BCUT2D eigenvalue weighted by atomic mass is 32.2. The number of nitrogens with two attached hydrogens (primary N) is 1. The predicted octanol–water partition coefficient (Wildman–Crippen LogP) is 3.80. The van der Waals surface area contributed by atoms with Crippen LogP contribution in [-0.2, 0) is 0 Å². The van der Waals surface area contributed by atoms with E-state index in [9.17, 15) is 0 Å². The number of hydrogen-bond acceptors (Lipinski definition) is 6. The monoisotopic (exact) mass is 324 g/mol. The van der Waals surface area contributed by atoms with Gasteiger partial charge in [-0.3, -0.25) is 0 Å². The topological polar surface area (TPSA) is 64.7 Å². The lowest BCUT2D eigenvalue weighted by atomic mass is 9.89. The number of nitrogen functional groups attached to an aromatic ring is 1. The summed E-state index contributed by atoms with van der Waals surface area (Å²) in [5.41, 5.74) is 5.96. The van der Waals surface area contributed by atoms with Crippen molar-refractivity contribution in [3.8, 4) is 0 Å². The highest BCUT2D eigenvalue weighted by Crippen LogP contribution is 2.43. The van der Waals surface area contributed by atoms with Gasteiger partial charge in [0.25, 0.3) is 0 Å². The van der Waals surface area contributed by atoms with Gasteiger partial charge in [0.1, 0.15) is 11.6 Å². The Bertz CT molecular complexity index is 491. The summed E-state index contributed by atoms with van der Waals surface area (Å²) in [5.74, 6) is 3.80. The van der Waals surface area contributed by atoms with Crippen molar-refractivity contribution in [2.45, 2.75) is 67.6 Å². The Hall–Kier alpha value is -0.490. The molecule has 0 radical (unpaired) electrons. The Morgan fingerprint density at radius 1 is 0.952 bits per heavy atom. The van der Waals surface area contributed by atoms with E-state index in [4.69, 9.17) is 10.7 Å². The third-order valence-electron chi connectivity index (χ3n) is 4.50. The molecule has 3 unspecified atom stereocenters. The smallest absolute Gasteiger partial charge is 0.223 e. The Morgan fingerprint density at radius 3 is 2.38 bits per heavy atom. The highest BCUT2D eigenvalue weighted by Gasteiger charge is 2.30. The molecule has 0 spiro atoms. The van der Waals surface area contributed by atoms with Crippen LogP contribution in [0.15, 0.2) is 0 Å². The molecule has 0 bridgehead atoms. The minimum Gasteiger partial charge on any atom is -0.368 e. The van der Waals surface area contributed by atoms with E-state index in [0.717, 1.165) is 17.4 Å². The van der Waals surface area contributed by atoms with Crippen LogP contribution in [0.2, 0.25) is 0 Å². The molecule has 1 aromatic rings. The van der Waals surface area contributed by atoms with Gasteiger partial charge in [-0.2, -0.15) is 21.7 Å². The van der Waals surface area contributed by atoms with Crippen molar-refractivity contribution in [3.05, 3.63) is 11.6 Å². The van der Waals surface area contributed by atoms with Crippen molar-refractivity contribution in [3.63, 3.8) is 0 Å². The second-order valence-electron chi connectivity index (χ2n) is 6.11. The van der Waals surface area contributed by atoms with Crippen LogP contribution < -0.4 is 5.73 Å². The van der Waals surface area contributed by atoms with Crippen LogP contribution in [0.25, 0.3) is 0 Å². The van der Waals surface area contributed by atoms with Gasteiger partial charge >= 0.3 is 0 Å². The number of nitrogens with zero attached hydrogens (tertiary/aromatic N) is 3. The molecular weight excluding hydrogens is 300 g/mol. The molecule has 0 aromatic carbocycles. The van der Waals surface area contributed by atoms with Gasteiger partial charge in [-0.25, -0.2) is 4.98 Å². The molecule has 1 aromatic heterocycles. The van der Waals surface area contributed by atoms with E-state index >= 15 is 0 Å². The normalized spacial score (nSPS) is 31.2. The first kappa shape index (κ1) is 15.4. The lowest BCUT2D eigenvalue weighted by Gasteiger charge is -2.30. The summed E-state index contributed by atoms with van der Waals surface area (Å²) in [5, 5.41) is 1.68. The molecule has 1 saturated heterocycles. The Morgan fingerprint density at radius 2 is 1.67 bits per heavy atom. The maximum Gasteiger partial charge on any atom is 0.223 e. The van der Waals surface area contributed by atoms with E-state index in [2.05, 4.69) is 23.8 Å². The molecule has 2 fully saturated rings. The van der Waals surface area contributed by atoms with Crippen molar-refractivity contribution < 1.29 is 0 Å². The van der Waals surface area contributed by atoms with E-state index in [1.165, 1.54) is 32.1 Å². The molecule has 3 rings (SSSR count). The number of rotatable bonds is 2. The van der Waals surface area contributed by atoms with Crippen molar-refractivity contribution in [2.75, 3.05) is 11.5 Å². The third-order valence-corrected chi connectivity index (χ3v) is 7.88. The van der Waals surface area contributed by atoms with Gasteiger partial charge in [0.2, 0.25) is 5.95 Å². The Labute approximate surface area is 135 Å². The maximum atomic E-state index is 5.96. The van der Waals surface area contributed by atoms with E-state index in [1.807, 2.05) is 23.5 Å². The van der Waals surface area contributed by atoms with Gasteiger partial charge in [-0.1, -0.05) is 33.1 Å². The quantitative estimate of drug-likeness (QED) is 0.892. The van der Waals surface area contributed by atoms with Gasteiger partial charge in [-0.05, 0) is 12.8 Å². The second kappa shape index (κ2) is 6.73. The summed E-state index contributed by atoms with van der Waals surface area (Å²) < 4.78 is 0. The molecule has 0 amide bonds. The molecule has 4 nitrogen and oxygen atoms in total. The fourth-order valence-corrected chi connectivity index (χ4v) is 5.88. The zero-order valence-corrected chi connectivity index (χ0v) is 14.4. The molecule has 1 aliphatic heterocycles. The van der Waals surface area contributed by atoms with Crippen LogP contribution in [0, 0.1) is 0 Å².